The van der Waals surface area contributed by atoms with Gasteiger partial charge in [0, 0.05) is 10.8 Å². The van der Waals surface area contributed by atoms with Crippen molar-refractivity contribution in [2.45, 2.75) is 38.0 Å². The zero-order valence-corrected chi connectivity index (χ0v) is 14.4. The summed E-state index contributed by atoms with van der Waals surface area (Å²) in [6, 6.07) is 20.8. The molecule has 0 saturated carbocycles. The van der Waals surface area contributed by atoms with Gasteiger partial charge in [-0.15, -0.1) is 0 Å². The van der Waals surface area contributed by atoms with E-state index in [9.17, 15) is 0 Å². The first-order valence-electron chi connectivity index (χ1n) is 8.93. The third-order valence-electron chi connectivity index (χ3n) is 6.89. The molecule has 3 aliphatic rings. The smallest absolute Gasteiger partial charge is 0.0202 e. The molecule has 0 heterocycles. The quantitative estimate of drug-likeness (QED) is 0.480. The Labute approximate surface area is 143 Å². The Bertz CT molecular complexity index is 1070. The molecule has 0 saturated heterocycles. The summed E-state index contributed by atoms with van der Waals surface area (Å²) in [5.41, 5.74) is 13.8. The van der Waals surface area contributed by atoms with E-state index in [1.807, 2.05) is 0 Å². The van der Waals surface area contributed by atoms with E-state index >= 15 is 0 Å². The molecular weight excluding hydrogens is 288 g/mol. The highest BCUT2D eigenvalue weighted by atomic mass is 14.6. The van der Waals surface area contributed by atoms with Crippen LogP contribution in [0.1, 0.15) is 48.1 Å². The molecule has 0 heteroatoms. The molecule has 0 spiro atoms. The van der Waals surface area contributed by atoms with Crippen LogP contribution in [-0.4, -0.2) is 0 Å². The molecule has 3 aromatic carbocycles. The van der Waals surface area contributed by atoms with Crippen LogP contribution in [0.4, 0.5) is 0 Å². The van der Waals surface area contributed by atoms with Crippen molar-refractivity contribution in [3.05, 3.63) is 82.4 Å². The van der Waals surface area contributed by atoms with Crippen LogP contribution >= 0.6 is 0 Å². The van der Waals surface area contributed by atoms with Crippen LogP contribution in [0.2, 0.25) is 0 Å². The van der Waals surface area contributed by atoms with E-state index in [1.54, 1.807) is 16.7 Å². The maximum Gasteiger partial charge on any atom is 0.0202 e. The summed E-state index contributed by atoms with van der Waals surface area (Å²) < 4.78 is 0. The predicted octanol–water partition coefficient (Wildman–Crippen LogP) is 5.97. The monoisotopic (exact) mass is 308 g/mol. The summed E-state index contributed by atoms with van der Waals surface area (Å²) in [4.78, 5) is 0. The summed E-state index contributed by atoms with van der Waals surface area (Å²) in [6.07, 6.45) is 1.19. The molecule has 0 amide bonds. The fourth-order valence-electron chi connectivity index (χ4n) is 6.09. The molecule has 3 aromatic rings. The molecular formula is C24H20. The SMILES string of the molecule is Cc1ccc2c(c1)C1(C)CC3(C)c4ccccc4-c4ccc-2c1c43. The number of fused-ring (bicyclic) bond motifs is 6. The van der Waals surface area contributed by atoms with Gasteiger partial charge in [0.2, 0.25) is 0 Å². The third-order valence-corrected chi connectivity index (χ3v) is 6.89. The highest BCUT2D eigenvalue weighted by molar-refractivity contribution is 5.93. The second kappa shape index (κ2) is 3.67. The Morgan fingerprint density at radius 2 is 1.25 bits per heavy atom. The summed E-state index contributed by atoms with van der Waals surface area (Å²) in [6.45, 7) is 7.16. The van der Waals surface area contributed by atoms with Crippen molar-refractivity contribution in [2.24, 2.45) is 0 Å². The van der Waals surface area contributed by atoms with Gasteiger partial charge in [-0.2, -0.15) is 0 Å². The van der Waals surface area contributed by atoms with E-state index in [0.29, 0.717) is 0 Å². The standard InChI is InChI=1S/C24H20/c1-14-8-9-16-18-11-10-17-15-6-4-5-7-19(15)23(2)13-24(3,20(16)12-14)22(18)21(17)23/h4-12H,13H2,1-3H3. The Balaban J connectivity index is 1.79. The lowest BCUT2D eigenvalue weighted by molar-refractivity contribution is 0.460. The third kappa shape index (κ3) is 1.16. The van der Waals surface area contributed by atoms with Crippen LogP contribution in [-0.2, 0) is 10.8 Å². The molecule has 0 bridgehead atoms. The molecule has 0 radical (unpaired) electrons. The molecule has 116 valence electrons. The average molecular weight is 308 g/mol. The lowest BCUT2D eigenvalue weighted by atomic mass is 9.73. The number of hydrogen-bond acceptors (Lipinski definition) is 0. The van der Waals surface area contributed by atoms with Gasteiger partial charge >= 0.3 is 0 Å². The predicted molar refractivity (Wildman–Crippen MR) is 99.6 cm³/mol. The Kier molecular flexibility index (Phi) is 1.99. The van der Waals surface area contributed by atoms with Crippen molar-refractivity contribution in [1.29, 1.82) is 0 Å². The highest BCUT2D eigenvalue weighted by Crippen LogP contribution is 2.68. The first kappa shape index (κ1) is 13.0. The second-order valence-electron chi connectivity index (χ2n) is 8.35. The minimum Gasteiger partial charge on any atom is -0.0619 e. The van der Waals surface area contributed by atoms with Gasteiger partial charge in [-0.25, -0.2) is 0 Å². The Morgan fingerprint density at radius 1 is 0.667 bits per heavy atom. The molecule has 24 heavy (non-hydrogen) atoms. The van der Waals surface area contributed by atoms with E-state index < -0.39 is 0 Å². The van der Waals surface area contributed by atoms with Gasteiger partial charge in [-0.05, 0) is 57.9 Å². The maximum atomic E-state index is 2.48. The van der Waals surface area contributed by atoms with Gasteiger partial charge in [0.15, 0.2) is 0 Å². The number of rotatable bonds is 0. The molecule has 3 aliphatic carbocycles. The van der Waals surface area contributed by atoms with Crippen molar-refractivity contribution in [1.82, 2.24) is 0 Å². The Morgan fingerprint density at radius 3 is 2.00 bits per heavy atom. The first-order valence-corrected chi connectivity index (χ1v) is 8.93. The van der Waals surface area contributed by atoms with Crippen LogP contribution < -0.4 is 0 Å². The summed E-state index contributed by atoms with van der Waals surface area (Å²) in [7, 11) is 0. The van der Waals surface area contributed by atoms with Crippen LogP contribution in [0.5, 0.6) is 0 Å². The summed E-state index contributed by atoms with van der Waals surface area (Å²) in [5.74, 6) is 0. The van der Waals surface area contributed by atoms with Crippen LogP contribution in [0.3, 0.4) is 0 Å². The van der Waals surface area contributed by atoms with Crippen molar-refractivity contribution >= 4 is 0 Å². The fraction of sp³-hybridized carbons (Fsp3) is 0.250. The minimum atomic E-state index is 0.157. The second-order valence-corrected chi connectivity index (χ2v) is 8.35. The van der Waals surface area contributed by atoms with Crippen molar-refractivity contribution in [2.75, 3.05) is 0 Å². The van der Waals surface area contributed by atoms with Crippen LogP contribution in [0, 0.1) is 6.92 Å². The lowest BCUT2D eigenvalue weighted by Crippen LogP contribution is -2.24. The number of benzene rings is 3. The van der Waals surface area contributed by atoms with E-state index in [0.717, 1.165) is 0 Å². The molecule has 0 N–H and O–H groups in total. The molecule has 0 aromatic heterocycles. The Hall–Kier alpha value is -2.34. The van der Waals surface area contributed by atoms with E-state index in [1.165, 1.54) is 39.8 Å². The molecule has 0 nitrogen and oxygen atoms in total. The molecule has 2 atom stereocenters. The topological polar surface area (TPSA) is 0 Å². The zero-order valence-electron chi connectivity index (χ0n) is 14.4. The fourth-order valence-corrected chi connectivity index (χ4v) is 6.09. The maximum absolute atomic E-state index is 2.48. The van der Waals surface area contributed by atoms with Gasteiger partial charge < -0.3 is 0 Å². The molecule has 0 aliphatic heterocycles. The van der Waals surface area contributed by atoms with E-state index in [2.05, 4.69) is 75.4 Å². The minimum absolute atomic E-state index is 0.157. The normalized spacial score (nSPS) is 27.1. The molecule has 6 rings (SSSR count). The van der Waals surface area contributed by atoms with Gasteiger partial charge in [-0.1, -0.05) is 74.0 Å². The largest absolute Gasteiger partial charge is 0.0619 e. The number of hydrogen-bond donors (Lipinski definition) is 0. The zero-order chi connectivity index (χ0) is 16.3. The van der Waals surface area contributed by atoms with Gasteiger partial charge in [0.05, 0.1) is 0 Å². The van der Waals surface area contributed by atoms with Gasteiger partial charge in [-0.3, -0.25) is 0 Å². The van der Waals surface area contributed by atoms with Crippen molar-refractivity contribution in [3.63, 3.8) is 0 Å². The summed E-state index contributed by atoms with van der Waals surface area (Å²) in [5, 5.41) is 0. The summed E-state index contributed by atoms with van der Waals surface area (Å²) >= 11 is 0. The van der Waals surface area contributed by atoms with Crippen LogP contribution in [0.15, 0.2) is 54.6 Å². The molecule has 0 fully saturated rings. The van der Waals surface area contributed by atoms with Gasteiger partial charge in [0.25, 0.3) is 0 Å². The van der Waals surface area contributed by atoms with E-state index in [-0.39, 0.29) is 10.8 Å². The van der Waals surface area contributed by atoms with Crippen molar-refractivity contribution in [3.8, 4) is 22.3 Å². The highest BCUT2D eigenvalue weighted by Gasteiger charge is 2.57. The average Bonchev–Trinajstić information content (AvgIpc) is 3.07. The lowest BCUT2D eigenvalue weighted by Gasteiger charge is -2.29. The van der Waals surface area contributed by atoms with Gasteiger partial charge in [0.1, 0.15) is 0 Å². The van der Waals surface area contributed by atoms with Crippen LogP contribution in [0.25, 0.3) is 22.3 Å². The van der Waals surface area contributed by atoms with E-state index in [4.69, 9.17) is 0 Å². The number of aryl methyl sites for hydroxylation is 1. The first-order chi connectivity index (χ1) is 11.5. The van der Waals surface area contributed by atoms with Crippen molar-refractivity contribution < 1.29 is 0 Å². The molecule has 2 unspecified atom stereocenters.